The molecule has 0 saturated carbocycles. The van der Waals surface area contributed by atoms with Crippen LogP contribution >= 0.6 is 0 Å². The number of aryl methyl sites for hydroxylation is 1. The molecule has 0 unspecified atom stereocenters. The van der Waals surface area contributed by atoms with E-state index in [4.69, 9.17) is 0 Å². The summed E-state index contributed by atoms with van der Waals surface area (Å²) in [5, 5.41) is 2.00. The second kappa shape index (κ2) is 10.0. The maximum atomic E-state index is 12.5. The average molecular weight is 391 g/mol. The van der Waals surface area contributed by atoms with Gasteiger partial charge in [0.2, 0.25) is 5.82 Å². The van der Waals surface area contributed by atoms with Crippen LogP contribution in [0.15, 0.2) is 60.7 Å². The van der Waals surface area contributed by atoms with Gasteiger partial charge in [-0.15, -0.1) is 0 Å². The van der Waals surface area contributed by atoms with Crippen LogP contribution in [0.3, 0.4) is 0 Å². The molecular formula is C24H30N4O. The van der Waals surface area contributed by atoms with Gasteiger partial charge in [0.15, 0.2) is 0 Å². The van der Waals surface area contributed by atoms with Gasteiger partial charge in [0.25, 0.3) is 0 Å². The highest BCUT2D eigenvalue weighted by Crippen LogP contribution is 2.22. The molecule has 1 aliphatic rings. The lowest BCUT2D eigenvalue weighted by Gasteiger charge is -2.26. The van der Waals surface area contributed by atoms with E-state index in [0.29, 0.717) is 5.82 Å². The first kappa shape index (κ1) is 20.8. The summed E-state index contributed by atoms with van der Waals surface area (Å²) in [6, 6.07) is 20.2. The van der Waals surface area contributed by atoms with Crippen LogP contribution in [0.25, 0.3) is 11.3 Å². The molecule has 1 aliphatic heterocycles. The number of nitrogens with one attached hydrogen (secondary N) is 1. The smallest absolute Gasteiger partial charge is 0.301 e. The van der Waals surface area contributed by atoms with Crippen LogP contribution in [-0.2, 0) is 7.05 Å². The second-order valence-corrected chi connectivity index (χ2v) is 7.44. The fourth-order valence-electron chi connectivity index (χ4n) is 3.39. The van der Waals surface area contributed by atoms with E-state index in [-0.39, 0.29) is 5.91 Å². The third-order valence-electron chi connectivity index (χ3n) is 5.19. The topological polar surface area (TPSA) is 50.2 Å². The molecular weight excluding hydrogens is 360 g/mol. The first-order valence-electron chi connectivity index (χ1n) is 10.2. The van der Waals surface area contributed by atoms with Crippen LogP contribution in [0, 0.1) is 13.8 Å². The Morgan fingerprint density at radius 3 is 2.03 bits per heavy atom. The monoisotopic (exact) mass is 390 g/mol. The van der Waals surface area contributed by atoms with E-state index in [1.165, 1.54) is 12.0 Å². The van der Waals surface area contributed by atoms with E-state index in [1.807, 2.05) is 72.1 Å². The number of hydrogen-bond donors (Lipinski definition) is 1. The number of piperidine rings is 1. The fourth-order valence-corrected chi connectivity index (χ4v) is 3.39. The van der Waals surface area contributed by atoms with E-state index in [1.54, 1.807) is 0 Å². The van der Waals surface area contributed by atoms with Gasteiger partial charge in [0.05, 0.1) is 5.69 Å². The lowest BCUT2D eigenvalue weighted by atomic mass is 10.1. The molecule has 5 heteroatoms. The zero-order valence-corrected chi connectivity index (χ0v) is 17.6. The van der Waals surface area contributed by atoms with Crippen molar-refractivity contribution in [3.05, 3.63) is 77.7 Å². The summed E-state index contributed by atoms with van der Waals surface area (Å²) >= 11 is 0. The summed E-state index contributed by atoms with van der Waals surface area (Å²) in [6.45, 7) is 5.91. The summed E-state index contributed by atoms with van der Waals surface area (Å²) in [5.74, 6) is 0.330. The summed E-state index contributed by atoms with van der Waals surface area (Å²) in [5.41, 5.74) is 7.20. The van der Waals surface area contributed by atoms with Gasteiger partial charge in [-0.2, -0.15) is 0 Å². The van der Waals surface area contributed by atoms with Crippen molar-refractivity contribution in [2.24, 2.45) is 7.05 Å². The van der Waals surface area contributed by atoms with Crippen LogP contribution in [-0.4, -0.2) is 33.6 Å². The maximum Gasteiger partial charge on any atom is 0.301 e. The second-order valence-electron chi connectivity index (χ2n) is 7.44. The molecule has 4 rings (SSSR count). The lowest BCUT2D eigenvalue weighted by Crippen LogP contribution is -2.45. The third-order valence-corrected chi connectivity index (χ3v) is 5.19. The number of carbonyl (C=O) groups excluding carboxylic acids is 1. The number of benzene rings is 2. The summed E-state index contributed by atoms with van der Waals surface area (Å²) < 4.78 is 1.86. The first-order valence-corrected chi connectivity index (χ1v) is 10.2. The van der Waals surface area contributed by atoms with Gasteiger partial charge in [-0.25, -0.2) is 9.99 Å². The van der Waals surface area contributed by atoms with Gasteiger partial charge < -0.3 is 4.57 Å². The Bertz CT molecular complexity index is 913. The van der Waals surface area contributed by atoms with Crippen molar-refractivity contribution in [3.63, 3.8) is 0 Å². The van der Waals surface area contributed by atoms with Crippen LogP contribution in [0.4, 0.5) is 0 Å². The Morgan fingerprint density at radius 1 is 0.897 bits per heavy atom. The van der Waals surface area contributed by atoms with E-state index < -0.39 is 0 Å². The number of rotatable bonds is 3. The highest BCUT2D eigenvalue weighted by molar-refractivity contribution is 5.91. The molecule has 0 aliphatic carbocycles. The summed E-state index contributed by atoms with van der Waals surface area (Å²) in [4.78, 5) is 17.1. The number of amides is 1. The normalized spacial score (nSPS) is 14.0. The number of hydrazine groups is 1. The molecule has 1 fully saturated rings. The third kappa shape index (κ3) is 5.55. The van der Waals surface area contributed by atoms with Gasteiger partial charge in [-0.3, -0.25) is 10.2 Å². The Balaban J connectivity index is 0.000000290. The largest absolute Gasteiger partial charge is 0.327 e. The van der Waals surface area contributed by atoms with Gasteiger partial charge >= 0.3 is 5.91 Å². The van der Waals surface area contributed by atoms with Gasteiger partial charge in [-0.05, 0) is 26.7 Å². The fraction of sp³-hybridized carbons (Fsp3) is 0.333. The summed E-state index contributed by atoms with van der Waals surface area (Å²) in [6.07, 6.45) is 3.51. The van der Waals surface area contributed by atoms with Gasteiger partial charge in [-0.1, -0.05) is 72.6 Å². The van der Waals surface area contributed by atoms with Crippen molar-refractivity contribution in [2.45, 2.75) is 33.1 Å². The molecule has 0 bridgehead atoms. The number of hydrogen-bond acceptors (Lipinski definition) is 3. The van der Waals surface area contributed by atoms with E-state index in [2.05, 4.69) is 29.5 Å². The average Bonchev–Trinajstić information content (AvgIpc) is 3.05. The molecule has 0 radical (unpaired) electrons. The zero-order valence-electron chi connectivity index (χ0n) is 17.6. The number of nitrogens with zero attached hydrogens (tertiary/aromatic N) is 3. The van der Waals surface area contributed by atoms with E-state index in [0.717, 1.165) is 42.9 Å². The highest BCUT2D eigenvalue weighted by atomic mass is 16.2. The van der Waals surface area contributed by atoms with Crippen LogP contribution in [0.5, 0.6) is 0 Å². The van der Waals surface area contributed by atoms with Crippen molar-refractivity contribution >= 4 is 5.91 Å². The molecule has 0 spiro atoms. The minimum Gasteiger partial charge on any atom is -0.327 e. The van der Waals surface area contributed by atoms with Crippen LogP contribution in [0.2, 0.25) is 0 Å². The molecule has 29 heavy (non-hydrogen) atoms. The Morgan fingerprint density at radius 2 is 1.48 bits per heavy atom. The first-order chi connectivity index (χ1) is 14.1. The minimum atomic E-state index is -0.130. The van der Waals surface area contributed by atoms with Gasteiger partial charge in [0, 0.05) is 31.4 Å². The van der Waals surface area contributed by atoms with E-state index in [9.17, 15) is 4.79 Å². The molecule has 1 amide bonds. The molecule has 1 saturated heterocycles. The van der Waals surface area contributed by atoms with Crippen LogP contribution < -0.4 is 5.43 Å². The van der Waals surface area contributed by atoms with Crippen molar-refractivity contribution in [1.82, 2.24) is 20.0 Å². The Hall–Kier alpha value is -2.92. The molecule has 0 atom stereocenters. The molecule has 152 valence electrons. The molecule has 5 nitrogen and oxygen atoms in total. The number of carbonyl (C=O) groups is 1. The lowest BCUT2D eigenvalue weighted by molar-refractivity contribution is 0.0735. The number of imidazole rings is 1. The number of aromatic nitrogens is 2. The summed E-state index contributed by atoms with van der Waals surface area (Å²) in [7, 11) is 1.89. The maximum absolute atomic E-state index is 12.5. The Labute approximate surface area is 173 Å². The quantitative estimate of drug-likeness (QED) is 0.715. The van der Waals surface area contributed by atoms with Crippen molar-refractivity contribution in [1.29, 1.82) is 0 Å². The molecule has 1 aromatic heterocycles. The van der Waals surface area contributed by atoms with E-state index >= 15 is 0 Å². The minimum absolute atomic E-state index is 0.130. The molecule has 1 N–H and O–H groups in total. The highest BCUT2D eigenvalue weighted by Gasteiger charge is 2.21. The van der Waals surface area contributed by atoms with Crippen molar-refractivity contribution in [3.8, 4) is 11.3 Å². The molecule has 2 heterocycles. The predicted molar refractivity (Wildman–Crippen MR) is 117 cm³/mol. The van der Waals surface area contributed by atoms with Gasteiger partial charge in [0.1, 0.15) is 0 Å². The van der Waals surface area contributed by atoms with Crippen molar-refractivity contribution < 1.29 is 4.79 Å². The molecule has 3 aromatic rings. The van der Waals surface area contributed by atoms with Crippen LogP contribution in [0.1, 0.15) is 41.1 Å². The molecule has 2 aromatic carbocycles. The predicted octanol–water partition coefficient (Wildman–Crippen LogP) is 4.52. The zero-order chi connectivity index (χ0) is 20.6. The SMILES string of the molecule is Cc1c(-c2ccccc2)nc(C(=O)NN2CCCCC2)n1C.Cc1ccccc1. The van der Waals surface area contributed by atoms with Crippen molar-refractivity contribution in [2.75, 3.05) is 13.1 Å². The standard InChI is InChI=1S/C17H22N4O.C7H8/c1-13-15(14-9-5-3-6-10-14)18-16(20(13)2)17(22)19-21-11-7-4-8-12-21;1-7-5-3-2-4-6-7/h3,5-6,9-10H,4,7-8,11-12H2,1-2H3,(H,19,22);2-6H,1H3. The Kier molecular flexibility index (Phi) is 7.19.